The van der Waals surface area contributed by atoms with Gasteiger partial charge in [-0.3, -0.25) is 0 Å². The molecule has 0 spiro atoms. The number of hydrogen-bond donors (Lipinski definition) is 2. The van der Waals surface area contributed by atoms with E-state index in [2.05, 4.69) is 0 Å². The molecule has 5 nitrogen and oxygen atoms in total. The lowest BCUT2D eigenvalue weighted by atomic mass is 9.82. The highest BCUT2D eigenvalue weighted by molar-refractivity contribution is 5.35. The fourth-order valence-corrected chi connectivity index (χ4v) is 6.06. The molecule has 49 heavy (non-hydrogen) atoms. The minimum Gasteiger partial charge on any atom is -0.490 e. The summed E-state index contributed by atoms with van der Waals surface area (Å²) in [5, 5.41) is 26.0. The minimum absolute atomic E-state index is 0.120. The largest absolute Gasteiger partial charge is 0.490 e. The molecule has 0 radical (unpaired) electrons. The van der Waals surface area contributed by atoms with Crippen LogP contribution in [0.2, 0.25) is 0 Å². The molecule has 0 saturated carbocycles. The predicted octanol–water partition coefficient (Wildman–Crippen LogP) is 9.04. The van der Waals surface area contributed by atoms with Gasteiger partial charge in [0.2, 0.25) is 0 Å². The van der Waals surface area contributed by atoms with Crippen molar-refractivity contribution in [3.63, 3.8) is 0 Å². The molecular weight excluding hydrogens is 608 g/mol. The van der Waals surface area contributed by atoms with Crippen molar-refractivity contribution in [3.05, 3.63) is 203 Å². The molecule has 0 aromatic heterocycles. The van der Waals surface area contributed by atoms with Gasteiger partial charge in [-0.05, 0) is 60.4 Å². The summed E-state index contributed by atoms with van der Waals surface area (Å²) in [6.45, 7) is 3.79. The van der Waals surface area contributed by atoms with Crippen LogP contribution in [0.25, 0.3) is 0 Å². The molecule has 6 rings (SSSR count). The van der Waals surface area contributed by atoms with Crippen molar-refractivity contribution >= 4 is 0 Å². The number of rotatable bonds is 14. The molecule has 0 fully saturated rings. The molecule has 0 amide bonds. The van der Waals surface area contributed by atoms with Crippen molar-refractivity contribution in [3.8, 4) is 11.5 Å². The Labute approximate surface area is 289 Å². The van der Waals surface area contributed by atoms with Crippen LogP contribution in [0.1, 0.15) is 45.6 Å². The zero-order valence-corrected chi connectivity index (χ0v) is 27.9. The van der Waals surface area contributed by atoms with Crippen LogP contribution in [0.3, 0.4) is 0 Å². The summed E-state index contributed by atoms with van der Waals surface area (Å²) in [5.74, 6) is 1.25. The maximum Gasteiger partial charge on any atom is 0.154 e. The third kappa shape index (κ3) is 7.93. The predicted molar refractivity (Wildman–Crippen MR) is 193 cm³/mol. The van der Waals surface area contributed by atoms with Crippen molar-refractivity contribution in [2.24, 2.45) is 0 Å². The van der Waals surface area contributed by atoms with E-state index in [1.54, 1.807) is 0 Å². The fraction of sp³-hybridized carbons (Fsp3) is 0.182. The van der Waals surface area contributed by atoms with E-state index >= 15 is 0 Å². The zero-order chi connectivity index (χ0) is 34.1. The first kappa shape index (κ1) is 33.7. The van der Waals surface area contributed by atoms with Gasteiger partial charge in [-0.2, -0.15) is 0 Å². The van der Waals surface area contributed by atoms with Gasteiger partial charge in [-0.15, -0.1) is 0 Å². The first-order chi connectivity index (χ1) is 23.8. The van der Waals surface area contributed by atoms with Crippen LogP contribution in [0.5, 0.6) is 11.5 Å². The second-order valence-corrected chi connectivity index (χ2v) is 12.5. The van der Waals surface area contributed by atoms with Gasteiger partial charge in [0.25, 0.3) is 0 Å². The Hall–Kier alpha value is -5.20. The van der Waals surface area contributed by atoms with Gasteiger partial charge in [-0.1, -0.05) is 157 Å². The summed E-state index contributed by atoms with van der Waals surface area (Å²) in [5.41, 5.74) is 1.48. The maximum absolute atomic E-state index is 13.0. The molecule has 0 saturated heterocycles. The van der Waals surface area contributed by atoms with Crippen molar-refractivity contribution in [1.82, 2.24) is 0 Å². The summed E-state index contributed by atoms with van der Waals surface area (Å²) in [7, 11) is 0. The highest BCUT2D eigenvalue weighted by Gasteiger charge is 2.48. The smallest absolute Gasteiger partial charge is 0.154 e. The van der Waals surface area contributed by atoms with Crippen LogP contribution >= 0.6 is 0 Å². The molecule has 5 heteroatoms. The van der Waals surface area contributed by atoms with Crippen LogP contribution in [0, 0.1) is 13.8 Å². The van der Waals surface area contributed by atoms with Crippen LogP contribution in [-0.2, 0) is 15.9 Å². The number of hydrogen-bond acceptors (Lipinski definition) is 5. The zero-order valence-electron chi connectivity index (χ0n) is 27.9. The molecule has 0 heterocycles. The van der Waals surface area contributed by atoms with Crippen molar-refractivity contribution in [1.29, 1.82) is 0 Å². The number of aryl methyl sites for hydroxylation is 2. The molecule has 0 aliphatic carbocycles. The lowest BCUT2D eigenvalue weighted by molar-refractivity contribution is -0.213. The second kappa shape index (κ2) is 15.3. The van der Waals surface area contributed by atoms with Crippen LogP contribution in [0.15, 0.2) is 170 Å². The average Bonchev–Trinajstić information content (AvgIpc) is 3.16. The molecule has 6 aromatic rings. The maximum atomic E-state index is 13.0. The van der Waals surface area contributed by atoms with Crippen LogP contribution in [0.4, 0.5) is 0 Å². The summed E-state index contributed by atoms with van der Waals surface area (Å²) in [6, 6.07) is 53.6. The number of ether oxygens (including phenoxy) is 3. The van der Waals surface area contributed by atoms with E-state index in [9.17, 15) is 10.2 Å². The molecule has 0 aliphatic heterocycles. The van der Waals surface area contributed by atoms with Crippen LogP contribution in [-0.4, -0.2) is 23.4 Å². The van der Waals surface area contributed by atoms with Gasteiger partial charge in [0.15, 0.2) is 11.2 Å². The fourth-order valence-electron chi connectivity index (χ4n) is 6.06. The highest BCUT2D eigenvalue weighted by Crippen LogP contribution is 2.47. The van der Waals surface area contributed by atoms with Crippen molar-refractivity contribution in [2.75, 3.05) is 13.2 Å². The normalized spacial score (nSPS) is 14.9. The Bertz CT molecular complexity index is 1720. The van der Waals surface area contributed by atoms with Gasteiger partial charge in [0.1, 0.15) is 36.9 Å². The third-order valence-corrected chi connectivity index (χ3v) is 8.85. The quantitative estimate of drug-likeness (QED) is 0.123. The summed E-state index contributed by atoms with van der Waals surface area (Å²) in [6.07, 6.45) is -2.00. The Morgan fingerprint density at radius 3 is 1.06 bits per heavy atom. The molecule has 248 valence electrons. The molecule has 4 atom stereocenters. The van der Waals surface area contributed by atoms with Gasteiger partial charge >= 0.3 is 0 Å². The third-order valence-electron chi connectivity index (χ3n) is 8.85. The van der Waals surface area contributed by atoms with E-state index in [0.717, 1.165) is 22.3 Å². The Morgan fingerprint density at radius 1 is 0.429 bits per heavy atom. The van der Waals surface area contributed by atoms with E-state index in [-0.39, 0.29) is 13.2 Å². The highest BCUT2D eigenvalue weighted by atomic mass is 16.5. The van der Waals surface area contributed by atoms with E-state index in [0.29, 0.717) is 22.6 Å². The molecule has 0 aliphatic rings. The van der Waals surface area contributed by atoms with E-state index < -0.39 is 23.4 Å². The second-order valence-electron chi connectivity index (χ2n) is 12.5. The molecule has 0 bridgehead atoms. The SMILES string of the molecule is Cc1ccc(OCC(O)(c2ccccc2)C(OC(c2ccccc2)C(O)(COc2ccc(C)cc2)c2ccccc2)c2ccccc2)cc1. The van der Waals surface area contributed by atoms with Gasteiger partial charge in [0, 0.05) is 0 Å². The van der Waals surface area contributed by atoms with Gasteiger partial charge < -0.3 is 24.4 Å². The van der Waals surface area contributed by atoms with Crippen LogP contribution < -0.4 is 9.47 Å². The molecule has 6 aromatic carbocycles. The first-order valence-corrected chi connectivity index (χ1v) is 16.6. The minimum atomic E-state index is -1.70. The number of aliphatic hydroxyl groups is 2. The van der Waals surface area contributed by atoms with Crippen molar-refractivity contribution in [2.45, 2.75) is 37.3 Å². The summed E-state index contributed by atoms with van der Waals surface area (Å²) < 4.78 is 19.9. The van der Waals surface area contributed by atoms with Gasteiger partial charge in [0.05, 0.1) is 0 Å². The number of benzene rings is 6. The summed E-state index contributed by atoms with van der Waals surface area (Å²) in [4.78, 5) is 0. The Balaban J connectivity index is 1.49. The Kier molecular flexibility index (Phi) is 10.6. The Morgan fingerprint density at radius 2 is 0.735 bits per heavy atom. The molecular formula is C44H42O5. The van der Waals surface area contributed by atoms with E-state index in [1.165, 1.54) is 0 Å². The molecule has 4 unspecified atom stereocenters. The lowest BCUT2D eigenvalue weighted by Crippen LogP contribution is -2.46. The van der Waals surface area contributed by atoms with E-state index in [4.69, 9.17) is 14.2 Å². The topological polar surface area (TPSA) is 68.2 Å². The summed E-state index contributed by atoms with van der Waals surface area (Å²) >= 11 is 0. The monoisotopic (exact) mass is 650 g/mol. The standard InChI is InChI=1S/C44H42O5/c1-33-23-27-39(28-24-33)47-31-43(45,37-19-11-5-12-20-37)41(35-15-7-3-8-16-35)49-42(36-17-9-4-10-18-36)44(46,38-21-13-6-14-22-38)32-48-40-29-25-34(2)26-30-40/h3-30,41-42,45-46H,31-32H2,1-2H3. The van der Waals surface area contributed by atoms with Gasteiger partial charge in [-0.25, -0.2) is 0 Å². The van der Waals surface area contributed by atoms with E-state index in [1.807, 2.05) is 184 Å². The average molecular weight is 651 g/mol. The lowest BCUT2D eigenvalue weighted by Gasteiger charge is -2.43. The molecule has 2 N–H and O–H groups in total. The van der Waals surface area contributed by atoms with Crippen molar-refractivity contribution < 1.29 is 24.4 Å². The first-order valence-electron chi connectivity index (χ1n) is 16.6.